The number of carbonyl (C=O) groups is 2. The molecule has 1 heterocycles. The van der Waals surface area contributed by atoms with Crippen LogP contribution in [0.2, 0.25) is 0 Å². The van der Waals surface area contributed by atoms with Crippen molar-refractivity contribution in [3.8, 4) is 0 Å². The summed E-state index contributed by atoms with van der Waals surface area (Å²) in [6.45, 7) is 1.64. The minimum absolute atomic E-state index is 0.152. The number of Topliss-reactive ketones (excluding diaryl/α,β-unsaturated/α-hetero) is 1. The van der Waals surface area contributed by atoms with E-state index in [4.69, 9.17) is 4.74 Å². The number of aromatic nitrogens is 1. The summed E-state index contributed by atoms with van der Waals surface area (Å²) in [5, 5.41) is 0.858. The van der Waals surface area contributed by atoms with E-state index in [1.807, 2.05) is 18.2 Å². The SMILES string of the molecule is CCc1cccc2c(C(=O)COC(=O)COC)c[nH]c12. The van der Waals surface area contributed by atoms with Gasteiger partial charge in [0.05, 0.1) is 0 Å². The molecule has 0 unspecified atom stereocenters. The number of para-hydroxylation sites is 1. The molecule has 0 bridgehead atoms. The second-order valence-corrected chi connectivity index (χ2v) is 4.41. The highest BCUT2D eigenvalue weighted by atomic mass is 16.6. The number of aryl methyl sites for hydroxylation is 1. The maximum absolute atomic E-state index is 12.1. The Morgan fingerprint density at radius 2 is 2.05 bits per heavy atom. The monoisotopic (exact) mass is 275 g/mol. The summed E-state index contributed by atoms with van der Waals surface area (Å²) in [6.07, 6.45) is 2.55. The van der Waals surface area contributed by atoms with Gasteiger partial charge in [-0.2, -0.15) is 0 Å². The molecule has 2 aromatic rings. The van der Waals surface area contributed by atoms with Gasteiger partial charge in [-0.05, 0) is 12.0 Å². The quantitative estimate of drug-likeness (QED) is 0.647. The highest BCUT2D eigenvalue weighted by Gasteiger charge is 2.15. The number of hydrogen-bond donors (Lipinski definition) is 1. The number of aromatic amines is 1. The van der Waals surface area contributed by atoms with E-state index in [0.717, 1.165) is 22.9 Å². The van der Waals surface area contributed by atoms with Gasteiger partial charge in [-0.15, -0.1) is 0 Å². The zero-order valence-corrected chi connectivity index (χ0v) is 11.6. The van der Waals surface area contributed by atoms with E-state index in [-0.39, 0.29) is 19.0 Å². The van der Waals surface area contributed by atoms with Gasteiger partial charge >= 0.3 is 5.97 Å². The standard InChI is InChI=1S/C15H17NO4/c1-3-10-5-4-6-11-12(7-16-15(10)11)13(17)8-20-14(18)9-19-2/h4-7,16H,3,8-9H2,1-2H3. The zero-order valence-electron chi connectivity index (χ0n) is 11.6. The average Bonchev–Trinajstić information content (AvgIpc) is 2.89. The summed E-state index contributed by atoms with van der Waals surface area (Å²) in [5.41, 5.74) is 2.65. The number of rotatable bonds is 6. The molecule has 0 atom stereocenters. The summed E-state index contributed by atoms with van der Waals surface area (Å²) in [7, 11) is 1.40. The molecule has 0 saturated heterocycles. The summed E-state index contributed by atoms with van der Waals surface area (Å²) in [5.74, 6) is -0.774. The van der Waals surface area contributed by atoms with Gasteiger partial charge < -0.3 is 14.5 Å². The van der Waals surface area contributed by atoms with Crippen LogP contribution in [0.5, 0.6) is 0 Å². The Morgan fingerprint density at radius 3 is 2.75 bits per heavy atom. The second-order valence-electron chi connectivity index (χ2n) is 4.41. The highest BCUT2D eigenvalue weighted by molar-refractivity contribution is 6.09. The zero-order chi connectivity index (χ0) is 14.5. The third-order valence-electron chi connectivity index (χ3n) is 3.11. The molecular weight excluding hydrogens is 258 g/mol. The van der Waals surface area contributed by atoms with Crippen molar-refractivity contribution in [3.63, 3.8) is 0 Å². The first-order valence-electron chi connectivity index (χ1n) is 6.44. The number of benzene rings is 1. The predicted octanol–water partition coefficient (Wildman–Crippen LogP) is 2.10. The Kier molecular flexibility index (Phi) is 4.53. The summed E-state index contributed by atoms with van der Waals surface area (Å²) < 4.78 is 9.48. The van der Waals surface area contributed by atoms with Crippen molar-refractivity contribution in [2.45, 2.75) is 13.3 Å². The Bertz CT molecular complexity index is 630. The van der Waals surface area contributed by atoms with Gasteiger partial charge in [-0.1, -0.05) is 25.1 Å². The van der Waals surface area contributed by atoms with Crippen LogP contribution in [0.25, 0.3) is 10.9 Å². The van der Waals surface area contributed by atoms with E-state index in [2.05, 4.69) is 16.6 Å². The van der Waals surface area contributed by atoms with Crippen LogP contribution < -0.4 is 0 Å². The van der Waals surface area contributed by atoms with Gasteiger partial charge in [0.2, 0.25) is 5.78 Å². The lowest BCUT2D eigenvalue weighted by atomic mass is 10.1. The smallest absolute Gasteiger partial charge is 0.332 e. The number of ether oxygens (including phenoxy) is 2. The summed E-state index contributed by atoms with van der Waals surface area (Å²) >= 11 is 0. The molecule has 0 saturated carbocycles. The van der Waals surface area contributed by atoms with E-state index < -0.39 is 5.97 Å². The number of ketones is 1. The van der Waals surface area contributed by atoms with Crippen LogP contribution in [0.4, 0.5) is 0 Å². The minimum atomic E-state index is -0.546. The van der Waals surface area contributed by atoms with Crippen molar-refractivity contribution in [1.29, 1.82) is 0 Å². The number of hydrogen-bond acceptors (Lipinski definition) is 4. The molecule has 2 rings (SSSR count). The van der Waals surface area contributed by atoms with Crippen LogP contribution in [0, 0.1) is 0 Å². The Hall–Kier alpha value is -2.14. The molecule has 5 nitrogen and oxygen atoms in total. The first-order valence-corrected chi connectivity index (χ1v) is 6.44. The minimum Gasteiger partial charge on any atom is -0.456 e. The summed E-state index contributed by atoms with van der Waals surface area (Å²) in [6, 6.07) is 5.82. The third-order valence-corrected chi connectivity index (χ3v) is 3.11. The van der Waals surface area contributed by atoms with Gasteiger partial charge in [-0.3, -0.25) is 4.79 Å². The lowest BCUT2D eigenvalue weighted by Gasteiger charge is -2.03. The molecule has 1 aromatic carbocycles. The lowest BCUT2D eigenvalue weighted by Crippen LogP contribution is -2.17. The molecule has 0 spiro atoms. The topological polar surface area (TPSA) is 68.4 Å². The number of carbonyl (C=O) groups excluding carboxylic acids is 2. The van der Waals surface area contributed by atoms with E-state index in [1.54, 1.807) is 6.20 Å². The predicted molar refractivity (Wildman–Crippen MR) is 74.8 cm³/mol. The van der Waals surface area contributed by atoms with Crippen molar-refractivity contribution < 1.29 is 19.1 Å². The van der Waals surface area contributed by atoms with Gasteiger partial charge in [-0.25, -0.2) is 4.79 Å². The molecule has 20 heavy (non-hydrogen) atoms. The Morgan fingerprint density at radius 1 is 1.25 bits per heavy atom. The number of nitrogens with one attached hydrogen (secondary N) is 1. The van der Waals surface area contributed by atoms with E-state index in [1.165, 1.54) is 7.11 Å². The number of esters is 1. The third kappa shape index (κ3) is 2.88. The maximum Gasteiger partial charge on any atom is 0.332 e. The van der Waals surface area contributed by atoms with E-state index >= 15 is 0 Å². The largest absolute Gasteiger partial charge is 0.456 e. The number of methoxy groups -OCH3 is 1. The molecule has 1 aromatic heterocycles. The van der Waals surface area contributed by atoms with Crippen molar-refractivity contribution in [1.82, 2.24) is 4.98 Å². The van der Waals surface area contributed by atoms with Crippen LogP contribution in [0.1, 0.15) is 22.8 Å². The average molecular weight is 275 g/mol. The Balaban J connectivity index is 2.17. The maximum atomic E-state index is 12.1. The van der Waals surface area contributed by atoms with E-state index in [9.17, 15) is 9.59 Å². The molecule has 0 aliphatic carbocycles. The van der Waals surface area contributed by atoms with Crippen molar-refractivity contribution in [2.75, 3.05) is 20.3 Å². The van der Waals surface area contributed by atoms with Crippen molar-refractivity contribution in [3.05, 3.63) is 35.5 Å². The van der Waals surface area contributed by atoms with E-state index in [0.29, 0.717) is 5.56 Å². The lowest BCUT2D eigenvalue weighted by molar-refractivity contribution is -0.146. The number of fused-ring (bicyclic) bond motifs is 1. The van der Waals surface area contributed by atoms with Gasteiger partial charge in [0.1, 0.15) is 6.61 Å². The van der Waals surface area contributed by atoms with Gasteiger partial charge in [0.15, 0.2) is 6.61 Å². The van der Waals surface area contributed by atoms with Crippen LogP contribution >= 0.6 is 0 Å². The number of H-pyrrole nitrogens is 1. The first-order chi connectivity index (χ1) is 9.67. The van der Waals surface area contributed by atoms with Crippen molar-refractivity contribution in [2.24, 2.45) is 0 Å². The fourth-order valence-corrected chi connectivity index (χ4v) is 2.13. The molecule has 5 heteroatoms. The first kappa shape index (κ1) is 14.3. The van der Waals surface area contributed by atoms with Crippen LogP contribution in [0.3, 0.4) is 0 Å². The molecular formula is C15H17NO4. The van der Waals surface area contributed by atoms with Gasteiger partial charge in [0.25, 0.3) is 0 Å². The normalized spacial score (nSPS) is 10.7. The molecule has 1 N–H and O–H groups in total. The molecule has 106 valence electrons. The second kappa shape index (κ2) is 6.34. The molecule has 0 aliphatic heterocycles. The molecule has 0 radical (unpaired) electrons. The molecule has 0 fully saturated rings. The Labute approximate surface area is 116 Å². The van der Waals surface area contributed by atoms with Crippen molar-refractivity contribution >= 4 is 22.7 Å². The summed E-state index contributed by atoms with van der Waals surface area (Å²) in [4.78, 5) is 26.4. The van der Waals surface area contributed by atoms with Gasteiger partial charge in [0, 0.05) is 29.8 Å². The van der Waals surface area contributed by atoms with Crippen LogP contribution in [-0.2, 0) is 20.7 Å². The van der Waals surface area contributed by atoms with Crippen LogP contribution in [-0.4, -0.2) is 37.1 Å². The fraction of sp³-hybridized carbons (Fsp3) is 0.333. The van der Waals surface area contributed by atoms with Crippen LogP contribution in [0.15, 0.2) is 24.4 Å². The highest BCUT2D eigenvalue weighted by Crippen LogP contribution is 2.22. The fourth-order valence-electron chi connectivity index (χ4n) is 2.13. The molecule has 0 aliphatic rings. The molecule has 0 amide bonds.